The van der Waals surface area contributed by atoms with Gasteiger partial charge in [-0.15, -0.1) is 11.3 Å². The molecule has 0 amide bonds. The van der Waals surface area contributed by atoms with Gasteiger partial charge in [0, 0.05) is 12.0 Å². The molecule has 0 atom stereocenters. The summed E-state index contributed by atoms with van der Waals surface area (Å²) in [4.78, 5) is 4.33. The highest BCUT2D eigenvalue weighted by Gasteiger charge is 2.12. The molecule has 0 saturated carbocycles. The first-order chi connectivity index (χ1) is 9.20. The van der Waals surface area contributed by atoms with Crippen molar-refractivity contribution in [3.63, 3.8) is 0 Å². The number of nitrogens with zero attached hydrogens (tertiary/aromatic N) is 1. The third-order valence-electron chi connectivity index (χ3n) is 2.65. The van der Waals surface area contributed by atoms with Crippen molar-refractivity contribution in [3.8, 4) is 11.3 Å². The highest BCUT2D eigenvalue weighted by molar-refractivity contribution is 9.12. The zero-order chi connectivity index (χ0) is 13.7. The van der Waals surface area contributed by atoms with Crippen LogP contribution in [0.25, 0.3) is 11.3 Å². The lowest BCUT2D eigenvalue weighted by molar-refractivity contribution is 0.491. The molecule has 2 aromatic heterocycles. The van der Waals surface area contributed by atoms with E-state index in [1.54, 1.807) is 17.5 Å². The second kappa shape index (κ2) is 7.57. The Morgan fingerprint density at radius 2 is 2.21 bits per heavy atom. The van der Waals surface area contributed by atoms with E-state index in [-0.39, 0.29) is 0 Å². The zero-order valence-corrected chi connectivity index (χ0v) is 14.7. The molecule has 0 fully saturated rings. The molecule has 0 radical (unpaired) electrons. The SMILES string of the molecule is CCCNCCCc1ncc(-c2cc(Br)sc2Br)o1. The molecule has 19 heavy (non-hydrogen) atoms. The molecular formula is C13H16Br2N2OS. The molecule has 2 rings (SSSR count). The fourth-order valence-corrected chi connectivity index (χ4v) is 4.54. The summed E-state index contributed by atoms with van der Waals surface area (Å²) in [7, 11) is 0. The Kier molecular flexibility index (Phi) is 6.06. The second-order valence-corrected chi connectivity index (χ2v) is 7.96. The summed E-state index contributed by atoms with van der Waals surface area (Å²) in [6.45, 7) is 4.26. The lowest BCUT2D eigenvalue weighted by Gasteiger charge is -2.00. The molecule has 0 aromatic carbocycles. The van der Waals surface area contributed by atoms with E-state index in [0.29, 0.717) is 0 Å². The van der Waals surface area contributed by atoms with Crippen LogP contribution in [-0.4, -0.2) is 18.1 Å². The van der Waals surface area contributed by atoms with Crippen molar-refractivity contribution in [2.24, 2.45) is 0 Å². The largest absolute Gasteiger partial charge is 0.441 e. The molecule has 104 valence electrons. The van der Waals surface area contributed by atoms with Gasteiger partial charge in [0.25, 0.3) is 0 Å². The molecule has 0 aliphatic heterocycles. The van der Waals surface area contributed by atoms with E-state index >= 15 is 0 Å². The first-order valence-electron chi connectivity index (χ1n) is 6.31. The predicted molar refractivity (Wildman–Crippen MR) is 86.7 cm³/mol. The standard InChI is InChI=1S/C13H16Br2N2OS/c1-2-5-16-6-3-4-12-17-8-10(18-12)9-7-11(14)19-13(9)15/h7-8,16H,2-6H2,1H3. The maximum absolute atomic E-state index is 5.79. The van der Waals surface area contributed by atoms with Crippen molar-refractivity contribution < 1.29 is 4.42 Å². The minimum atomic E-state index is 0.808. The van der Waals surface area contributed by atoms with Crippen LogP contribution >= 0.6 is 43.2 Å². The number of aryl methyl sites for hydroxylation is 1. The molecular weight excluding hydrogens is 392 g/mol. The fourth-order valence-electron chi connectivity index (χ4n) is 1.72. The molecule has 0 spiro atoms. The van der Waals surface area contributed by atoms with E-state index in [0.717, 1.165) is 50.7 Å². The van der Waals surface area contributed by atoms with Gasteiger partial charge >= 0.3 is 0 Å². The Hall–Kier alpha value is -0.170. The predicted octanol–water partition coefficient (Wildman–Crippen LogP) is 4.86. The molecule has 0 unspecified atom stereocenters. The summed E-state index contributed by atoms with van der Waals surface area (Å²) in [5.41, 5.74) is 1.06. The summed E-state index contributed by atoms with van der Waals surface area (Å²) in [6, 6.07) is 2.04. The topological polar surface area (TPSA) is 38.1 Å². The number of hydrogen-bond acceptors (Lipinski definition) is 4. The number of hydrogen-bond donors (Lipinski definition) is 1. The van der Waals surface area contributed by atoms with Gasteiger partial charge in [-0.2, -0.15) is 0 Å². The van der Waals surface area contributed by atoms with Gasteiger partial charge < -0.3 is 9.73 Å². The Bertz CT molecular complexity index is 524. The molecule has 0 bridgehead atoms. The van der Waals surface area contributed by atoms with Crippen LogP contribution in [0.15, 0.2) is 24.3 Å². The number of aromatic nitrogens is 1. The van der Waals surface area contributed by atoms with Crippen molar-refractivity contribution in [3.05, 3.63) is 25.7 Å². The number of thiophene rings is 1. The summed E-state index contributed by atoms with van der Waals surface area (Å²) in [6.07, 6.45) is 4.90. The summed E-state index contributed by atoms with van der Waals surface area (Å²) in [5, 5.41) is 3.37. The summed E-state index contributed by atoms with van der Waals surface area (Å²) in [5.74, 6) is 1.63. The Labute approximate surface area is 134 Å². The Morgan fingerprint density at radius 3 is 2.89 bits per heavy atom. The smallest absolute Gasteiger partial charge is 0.194 e. The van der Waals surface area contributed by atoms with Gasteiger partial charge in [0.15, 0.2) is 11.7 Å². The van der Waals surface area contributed by atoms with E-state index in [1.165, 1.54) is 6.42 Å². The van der Waals surface area contributed by atoms with Crippen LogP contribution in [0, 0.1) is 0 Å². The monoisotopic (exact) mass is 406 g/mol. The van der Waals surface area contributed by atoms with Crippen molar-refractivity contribution in [2.45, 2.75) is 26.2 Å². The van der Waals surface area contributed by atoms with Gasteiger partial charge in [-0.05, 0) is 63.9 Å². The first-order valence-corrected chi connectivity index (χ1v) is 8.71. The third kappa shape index (κ3) is 4.41. The second-order valence-electron chi connectivity index (χ2n) is 4.21. The van der Waals surface area contributed by atoms with Crippen LogP contribution < -0.4 is 5.32 Å². The van der Waals surface area contributed by atoms with Crippen LogP contribution in [0.3, 0.4) is 0 Å². The van der Waals surface area contributed by atoms with Gasteiger partial charge in [0.2, 0.25) is 0 Å². The maximum Gasteiger partial charge on any atom is 0.194 e. The lowest BCUT2D eigenvalue weighted by Crippen LogP contribution is -2.16. The van der Waals surface area contributed by atoms with Crippen LogP contribution in [0.4, 0.5) is 0 Å². The van der Waals surface area contributed by atoms with Crippen molar-refractivity contribution in [2.75, 3.05) is 13.1 Å². The normalized spacial score (nSPS) is 11.1. The van der Waals surface area contributed by atoms with Crippen molar-refractivity contribution >= 4 is 43.2 Å². The average Bonchev–Trinajstić information content (AvgIpc) is 2.95. The minimum absolute atomic E-state index is 0.808. The van der Waals surface area contributed by atoms with Crippen molar-refractivity contribution in [1.29, 1.82) is 0 Å². The fraction of sp³-hybridized carbons (Fsp3) is 0.462. The first kappa shape index (κ1) is 15.2. The van der Waals surface area contributed by atoms with E-state index in [9.17, 15) is 0 Å². The molecule has 6 heteroatoms. The molecule has 2 aromatic rings. The lowest BCUT2D eigenvalue weighted by atomic mass is 10.3. The van der Waals surface area contributed by atoms with E-state index in [1.807, 2.05) is 6.07 Å². The van der Waals surface area contributed by atoms with Crippen molar-refractivity contribution in [1.82, 2.24) is 10.3 Å². The van der Waals surface area contributed by atoms with Gasteiger partial charge in [-0.1, -0.05) is 6.92 Å². The summed E-state index contributed by atoms with van der Waals surface area (Å²) >= 11 is 8.64. The average molecular weight is 408 g/mol. The van der Waals surface area contributed by atoms with E-state index in [4.69, 9.17) is 4.42 Å². The Balaban J connectivity index is 1.90. The van der Waals surface area contributed by atoms with Gasteiger partial charge in [0.05, 0.1) is 13.8 Å². The highest BCUT2D eigenvalue weighted by atomic mass is 79.9. The van der Waals surface area contributed by atoms with Gasteiger partial charge in [0.1, 0.15) is 0 Å². The number of halogens is 2. The van der Waals surface area contributed by atoms with Crippen LogP contribution in [0.2, 0.25) is 0 Å². The third-order valence-corrected chi connectivity index (χ3v) is 4.99. The molecule has 0 aliphatic carbocycles. The van der Waals surface area contributed by atoms with Gasteiger partial charge in [-0.3, -0.25) is 0 Å². The molecule has 0 aliphatic rings. The van der Waals surface area contributed by atoms with Gasteiger partial charge in [-0.25, -0.2) is 4.98 Å². The number of nitrogens with one attached hydrogen (secondary N) is 1. The number of oxazole rings is 1. The van der Waals surface area contributed by atoms with Crippen LogP contribution in [0.1, 0.15) is 25.7 Å². The number of rotatable bonds is 7. The Morgan fingerprint density at radius 1 is 1.37 bits per heavy atom. The molecule has 0 saturated heterocycles. The molecule has 2 heterocycles. The maximum atomic E-state index is 5.79. The minimum Gasteiger partial charge on any atom is -0.441 e. The van der Waals surface area contributed by atoms with E-state index < -0.39 is 0 Å². The molecule has 1 N–H and O–H groups in total. The quantitative estimate of drug-likeness (QED) is 0.666. The van der Waals surface area contributed by atoms with E-state index in [2.05, 4.69) is 49.1 Å². The zero-order valence-electron chi connectivity index (χ0n) is 10.7. The van der Waals surface area contributed by atoms with Crippen LogP contribution in [-0.2, 0) is 6.42 Å². The van der Waals surface area contributed by atoms with Crippen LogP contribution in [0.5, 0.6) is 0 Å². The molecule has 3 nitrogen and oxygen atoms in total. The summed E-state index contributed by atoms with van der Waals surface area (Å²) < 4.78 is 7.93. The highest BCUT2D eigenvalue weighted by Crippen LogP contribution is 2.38.